The SMILES string of the molecule is CCN(c1c(CC(C)N)c(C)nn1C)C(C)CN(C)C. The van der Waals surface area contributed by atoms with Gasteiger partial charge in [0.25, 0.3) is 0 Å². The van der Waals surface area contributed by atoms with Gasteiger partial charge >= 0.3 is 0 Å². The summed E-state index contributed by atoms with van der Waals surface area (Å²) in [6, 6.07) is 0.594. The van der Waals surface area contributed by atoms with Crippen molar-refractivity contribution in [1.29, 1.82) is 0 Å². The minimum absolute atomic E-state index is 0.152. The van der Waals surface area contributed by atoms with E-state index in [9.17, 15) is 0 Å². The van der Waals surface area contributed by atoms with Crippen molar-refractivity contribution < 1.29 is 0 Å². The third-order valence-corrected chi connectivity index (χ3v) is 3.61. The third-order valence-electron chi connectivity index (χ3n) is 3.61. The van der Waals surface area contributed by atoms with Gasteiger partial charge in [-0.25, -0.2) is 0 Å². The average molecular weight is 281 g/mol. The Morgan fingerprint density at radius 2 is 1.90 bits per heavy atom. The molecular weight excluding hydrogens is 250 g/mol. The molecule has 20 heavy (non-hydrogen) atoms. The van der Waals surface area contributed by atoms with Gasteiger partial charge in [0.15, 0.2) is 0 Å². The highest BCUT2D eigenvalue weighted by atomic mass is 15.4. The number of anilines is 1. The molecule has 116 valence electrons. The van der Waals surface area contributed by atoms with Gasteiger partial charge in [0, 0.05) is 37.8 Å². The summed E-state index contributed by atoms with van der Waals surface area (Å²) in [6.45, 7) is 10.6. The highest BCUT2D eigenvalue weighted by Crippen LogP contribution is 2.26. The monoisotopic (exact) mass is 281 g/mol. The first-order valence-corrected chi connectivity index (χ1v) is 7.47. The van der Waals surface area contributed by atoms with Gasteiger partial charge in [-0.1, -0.05) is 0 Å². The van der Waals surface area contributed by atoms with Crippen molar-refractivity contribution in [3.05, 3.63) is 11.3 Å². The van der Waals surface area contributed by atoms with Gasteiger partial charge in [-0.05, 0) is 48.2 Å². The zero-order valence-corrected chi connectivity index (χ0v) is 14.1. The van der Waals surface area contributed by atoms with Gasteiger partial charge in [-0.2, -0.15) is 5.10 Å². The molecule has 1 aromatic heterocycles. The van der Waals surface area contributed by atoms with Gasteiger partial charge in [-0.3, -0.25) is 4.68 Å². The Kier molecular flexibility index (Phi) is 6.02. The number of hydrogen-bond acceptors (Lipinski definition) is 4. The van der Waals surface area contributed by atoms with Crippen molar-refractivity contribution >= 4 is 5.82 Å². The Balaban J connectivity index is 3.13. The summed E-state index contributed by atoms with van der Waals surface area (Å²) < 4.78 is 2.00. The van der Waals surface area contributed by atoms with Crippen LogP contribution in [0.1, 0.15) is 32.0 Å². The van der Waals surface area contributed by atoms with E-state index in [2.05, 4.69) is 56.7 Å². The molecule has 2 atom stereocenters. The second-order valence-corrected chi connectivity index (χ2v) is 6.09. The van der Waals surface area contributed by atoms with Crippen LogP contribution in [0.2, 0.25) is 0 Å². The Morgan fingerprint density at radius 1 is 1.30 bits per heavy atom. The maximum atomic E-state index is 6.01. The van der Waals surface area contributed by atoms with E-state index in [1.165, 1.54) is 11.4 Å². The maximum absolute atomic E-state index is 6.01. The molecule has 5 heteroatoms. The summed E-state index contributed by atoms with van der Waals surface area (Å²) in [5.41, 5.74) is 8.39. The fourth-order valence-electron chi connectivity index (χ4n) is 2.91. The van der Waals surface area contributed by atoms with E-state index in [0.29, 0.717) is 6.04 Å². The minimum atomic E-state index is 0.152. The summed E-state index contributed by atoms with van der Waals surface area (Å²) in [7, 11) is 6.25. The maximum Gasteiger partial charge on any atom is 0.130 e. The quantitative estimate of drug-likeness (QED) is 0.821. The predicted molar refractivity (Wildman–Crippen MR) is 86.3 cm³/mol. The van der Waals surface area contributed by atoms with Gasteiger partial charge in [0.2, 0.25) is 0 Å². The standard InChI is InChI=1S/C15H31N5/c1-8-20(12(3)10-18(5)6)15-14(9-11(2)16)13(4)17-19(15)7/h11-12H,8-10,16H2,1-7H3. The number of rotatable bonds is 7. The van der Waals surface area contributed by atoms with Crippen LogP contribution in [-0.2, 0) is 13.5 Å². The van der Waals surface area contributed by atoms with Crippen molar-refractivity contribution in [3.8, 4) is 0 Å². The molecule has 0 aliphatic heterocycles. The lowest BCUT2D eigenvalue weighted by Crippen LogP contribution is -2.41. The van der Waals surface area contributed by atoms with Crippen molar-refractivity contribution in [1.82, 2.24) is 14.7 Å². The number of aryl methyl sites for hydroxylation is 2. The van der Waals surface area contributed by atoms with E-state index >= 15 is 0 Å². The van der Waals surface area contributed by atoms with Crippen LogP contribution in [0, 0.1) is 6.92 Å². The predicted octanol–water partition coefficient (Wildman–Crippen LogP) is 1.39. The van der Waals surface area contributed by atoms with Crippen molar-refractivity contribution in [2.75, 3.05) is 32.1 Å². The van der Waals surface area contributed by atoms with Crippen molar-refractivity contribution in [2.45, 2.75) is 46.2 Å². The van der Waals surface area contributed by atoms with Crippen molar-refractivity contribution in [3.63, 3.8) is 0 Å². The smallest absolute Gasteiger partial charge is 0.130 e. The highest BCUT2D eigenvalue weighted by molar-refractivity contribution is 5.51. The van der Waals surface area contributed by atoms with E-state index in [1.54, 1.807) is 0 Å². The van der Waals surface area contributed by atoms with Crippen molar-refractivity contribution in [2.24, 2.45) is 12.8 Å². The number of nitrogens with zero attached hydrogens (tertiary/aromatic N) is 4. The van der Waals surface area contributed by atoms with Crippen LogP contribution >= 0.6 is 0 Å². The largest absolute Gasteiger partial charge is 0.353 e. The minimum Gasteiger partial charge on any atom is -0.353 e. The molecule has 2 unspecified atom stereocenters. The highest BCUT2D eigenvalue weighted by Gasteiger charge is 2.23. The zero-order valence-electron chi connectivity index (χ0n) is 14.1. The molecule has 5 nitrogen and oxygen atoms in total. The molecule has 2 N–H and O–H groups in total. The Morgan fingerprint density at radius 3 is 2.35 bits per heavy atom. The second kappa shape index (κ2) is 7.09. The summed E-state index contributed by atoms with van der Waals surface area (Å²) in [6.07, 6.45) is 0.875. The first kappa shape index (κ1) is 17.0. The fourth-order valence-corrected chi connectivity index (χ4v) is 2.91. The molecule has 1 heterocycles. The molecular formula is C15H31N5. The number of likely N-dealkylation sites (N-methyl/N-ethyl adjacent to an activating group) is 2. The van der Waals surface area contributed by atoms with Gasteiger partial charge in [0.05, 0.1) is 5.69 Å². The molecule has 0 saturated heterocycles. The molecule has 0 amide bonds. The molecule has 0 aliphatic rings. The molecule has 0 fully saturated rings. The van der Waals surface area contributed by atoms with Crippen LogP contribution < -0.4 is 10.6 Å². The van der Waals surface area contributed by atoms with Crippen LogP contribution in [0.4, 0.5) is 5.82 Å². The Bertz CT molecular complexity index is 422. The van der Waals surface area contributed by atoms with E-state index in [1.807, 2.05) is 11.7 Å². The van der Waals surface area contributed by atoms with Gasteiger partial charge < -0.3 is 15.5 Å². The second-order valence-electron chi connectivity index (χ2n) is 6.09. The zero-order chi connectivity index (χ0) is 15.4. The summed E-state index contributed by atoms with van der Waals surface area (Å²) in [5.74, 6) is 1.22. The molecule has 0 saturated carbocycles. The molecule has 0 bridgehead atoms. The number of hydrogen-bond donors (Lipinski definition) is 1. The normalized spacial score (nSPS) is 14.7. The molecule has 1 aromatic rings. The summed E-state index contributed by atoms with van der Waals surface area (Å²) in [5, 5.41) is 4.60. The summed E-state index contributed by atoms with van der Waals surface area (Å²) >= 11 is 0. The lowest BCUT2D eigenvalue weighted by molar-refractivity contribution is 0.370. The molecule has 0 aliphatic carbocycles. The Labute approximate surface area is 123 Å². The van der Waals surface area contributed by atoms with Crippen LogP contribution in [-0.4, -0.2) is 53.9 Å². The average Bonchev–Trinajstić information content (AvgIpc) is 2.55. The Hall–Kier alpha value is -1.07. The first-order chi connectivity index (χ1) is 9.27. The molecule has 1 rings (SSSR count). The van der Waals surface area contributed by atoms with E-state index in [4.69, 9.17) is 5.73 Å². The van der Waals surface area contributed by atoms with E-state index < -0.39 is 0 Å². The van der Waals surface area contributed by atoms with Crippen LogP contribution in [0.15, 0.2) is 0 Å². The number of nitrogens with two attached hydrogens (primary N) is 1. The molecule has 0 radical (unpaired) electrons. The van der Waals surface area contributed by atoms with E-state index in [-0.39, 0.29) is 6.04 Å². The topological polar surface area (TPSA) is 50.3 Å². The van der Waals surface area contributed by atoms with Crippen LogP contribution in [0.25, 0.3) is 0 Å². The van der Waals surface area contributed by atoms with Crippen LogP contribution in [0.5, 0.6) is 0 Å². The third kappa shape index (κ3) is 3.96. The number of aromatic nitrogens is 2. The first-order valence-electron chi connectivity index (χ1n) is 7.47. The lowest BCUT2D eigenvalue weighted by Gasteiger charge is -2.33. The van der Waals surface area contributed by atoms with Gasteiger partial charge in [0.1, 0.15) is 5.82 Å². The van der Waals surface area contributed by atoms with Crippen LogP contribution in [0.3, 0.4) is 0 Å². The van der Waals surface area contributed by atoms with Gasteiger partial charge in [-0.15, -0.1) is 0 Å². The lowest BCUT2D eigenvalue weighted by atomic mass is 10.1. The molecule has 0 spiro atoms. The van der Waals surface area contributed by atoms with E-state index in [0.717, 1.165) is 25.2 Å². The fraction of sp³-hybridized carbons (Fsp3) is 0.800. The molecule has 0 aromatic carbocycles. The summed E-state index contributed by atoms with van der Waals surface area (Å²) in [4.78, 5) is 4.65.